The van der Waals surface area contributed by atoms with E-state index in [1.54, 1.807) is 12.1 Å². The Labute approximate surface area is 118 Å². The van der Waals surface area contributed by atoms with Crippen LogP contribution in [-0.4, -0.2) is 27.9 Å². The fourth-order valence-electron chi connectivity index (χ4n) is 2.68. The van der Waals surface area contributed by atoms with Gasteiger partial charge < -0.3 is 10.3 Å². The Hall–Kier alpha value is -1.33. The molecule has 0 radical (unpaired) electrons. The van der Waals surface area contributed by atoms with Gasteiger partial charge in [0.25, 0.3) is 5.91 Å². The van der Waals surface area contributed by atoms with Crippen molar-refractivity contribution in [2.75, 3.05) is 5.43 Å². The summed E-state index contributed by atoms with van der Waals surface area (Å²) in [5.74, 6) is 5.72. The van der Waals surface area contributed by atoms with Crippen molar-refractivity contribution in [1.29, 1.82) is 0 Å². The van der Waals surface area contributed by atoms with Crippen LogP contribution in [0, 0.1) is 0 Å². The first kappa shape index (κ1) is 14.1. The van der Waals surface area contributed by atoms with Gasteiger partial charge in [-0.15, -0.1) is 0 Å². The fourth-order valence-corrected chi connectivity index (χ4v) is 2.89. The van der Waals surface area contributed by atoms with Crippen molar-refractivity contribution in [1.82, 2.24) is 9.88 Å². The molecular formula is C13H19ClN4O. The molecule has 2 heterocycles. The van der Waals surface area contributed by atoms with Gasteiger partial charge in [-0.1, -0.05) is 18.5 Å². The molecule has 0 spiro atoms. The van der Waals surface area contributed by atoms with Gasteiger partial charge in [-0.05, 0) is 38.3 Å². The molecule has 2 unspecified atom stereocenters. The summed E-state index contributed by atoms with van der Waals surface area (Å²) in [7, 11) is 0. The van der Waals surface area contributed by atoms with Gasteiger partial charge in [0.2, 0.25) is 0 Å². The molecular weight excluding hydrogens is 264 g/mol. The molecule has 1 amide bonds. The highest BCUT2D eigenvalue weighted by atomic mass is 35.5. The number of carbonyl (C=O) groups excluding carboxylic acids is 1. The maximum Gasteiger partial charge on any atom is 0.254 e. The SMILES string of the molecule is CCC1CCC(C)N1C(=O)c1cc(Cl)nc(NN)c1. The third-order valence-corrected chi connectivity index (χ3v) is 3.87. The molecule has 104 valence electrons. The molecule has 0 bridgehead atoms. The van der Waals surface area contributed by atoms with Crippen LogP contribution in [0.4, 0.5) is 5.82 Å². The lowest BCUT2D eigenvalue weighted by Gasteiger charge is -2.28. The summed E-state index contributed by atoms with van der Waals surface area (Å²) in [4.78, 5) is 18.5. The predicted molar refractivity (Wildman–Crippen MR) is 76.0 cm³/mol. The molecule has 1 aromatic heterocycles. The van der Waals surface area contributed by atoms with Gasteiger partial charge in [-0.25, -0.2) is 10.8 Å². The van der Waals surface area contributed by atoms with E-state index >= 15 is 0 Å². The number of anilines is 1. The fraction of sp³-hybridized carbons (Fsp3) is 0.538. The lowest BCUT2D eigenvalue weighted by molar-refractivity contribution is 0.0676. The molecule has 3 N–H and O–H groups in total. The standard InChI is InChI=1S/C13H19ClN4O/c1-3-10-5-4-8(2)18(10)13(19)9-6-11(14)16-12(7-9)17-15/h6-8,10H,3-5,15H2,1-2H3,(H,16,17). The van der Waals surface area contributed by atoms with Crippen LogP contribution in [0.2, 0.25) is 5.15 Å². The van der Waals surface area contributed by atoms with Gasteiger partial charge in [0, 0.05) is 17.6 Å². The van der Waals surface area contributed by atoms with Crippen molar-refractivity contribution in [2.45, 2.75) is 45.2 Å². The lowest BCUT2D eigenvalue weighted by atomic mass is 10.1. The van der Waals surface area contributed by atoms with Crippen LogP contribution in [0.1, 0.15) is 43.5 Å². The molecule has 2 rings (SSSR count). The molecule has 19 heavy (non-hydrogen) atoms. The van der Waals surface area contributed by atoms with Crippen molar-refractivity contribution < 1.29 is 4.79 Å². The number of hydrogen-bond acceptors (Lipinski definition) is 4. The maximum atomic E-state index is 12.6. The minimum atomic E-state index is -0.00218. The topological polar surface area (TPSA) is 71.2 Å². The van der Waals surface area contributed by atoms with E-state index in [9.17, 15) is 4.79 Å². The second-order valence-electron chi connectivity index (χ2n) is 4.91. The summed E-state index contributed by atoms with van der Waals surface area (Å²) in [6.45, 7) is 4.19. The number of amides is 1. The van der Waals surface area contributed by atoms with E-state index in [0.717, 1.165) is 19.3 Å². The number of rotatable bonds is 3. The third kappa shape index (κ3) is 2.82. The number of nitrogens with two attached hydrogens (primary N) is 1. The molecule has 1 fully saturated rings. The molecule has 1 aliphatic rings. The van der Waals surface area contributed by atoms with Crippen LogP contribution in [0.3, 0.4) is 0 Å². The number of hydrogen-bond donors (Lipinski definition) is 2. The summed E-state index contributed by atoms with van der Waals surface area (Å²) in [5, 5.41) is 0.263. The number of nitrogens with zero attached hydrogens (tertiary/aromatic N) is 2. The summed E-state index contributed by atoms with van der Waals surface area (Å²) < 4.78 is 0. The van der Waals surface area contributed by atoms with E-state index in [2.05, 4.69) is 24.3 Å². The first-order valence-corrected chi connectivity index (χ1v) is 6.91. The Kier molecular flexibility index (Phi) is 4.27. The quantitative estimate of drug-likeness (QED) is 0.507. The number of halogens is 1. The van der Waals surface area contributed by atoms with Crippen LogP contribution in [0.5, 0.6) is 0 Å². The Balaban J connectivity index is 2.30. The number of hydrazine groups is 1. The average Bonchev–Trinajstić information content (AvgIpc) is 2.78. The van der Waals surface area contributed by atoms with Gasteiger partial charge in [0.1, 0.15) is 11.0 Å². The number of pyridine rings is 1. The van der Waals surface area contributed by atoms with Crippen LogP contribution < -0.4 is 11.3 Å². The van der Waals surface area contributed by atoms with Crippen molar-refractivity contribution in [2.24, 2.45) is 5.84 Å². The summed E-state index contributed by atoms with van der Waals surface area (Å²) in [6, 6.07) is 3.79. The van der Waals surface area contributed by atoms with Gasteiger partial charge in [0.15, 0.2) is 0 Å². The van der Waals surface area contributed by atoms with Gasteiger partial charge in [-0.3, -0.25) is 4.79 Å². The zero-order valence-corrected chi connectivity index (χ0v) is 11.9. The minimum Gasteiger partial charge on any atom is -0.333 e. The monoisotopic (exact) mass is 282 g/mol. The number of nitrogen functional groups attached to an aromatic ring is 1. The van der Waals surface area contributed by atoms with Crippen molar-refractivity contribution in [3.05, 3.63) is 22.8 Å². The first-order valence-electron chi connectivity index (χ1n) is 6.53. The number of likely N-dealkylation sites (tertiary alicyclic amines) is 1. The van der Waals surface area contributed by atoms with Gasteiger partial charge in [-0.2, -0.15) is 0 Å². The normalized spacial score (nSPS) is 22.6. The molecule has 1 aromatic rings. The van der Waals surface area contributed by atoms with Crippen LogP contribution in [0.25, 0.3) is 0 Å². The highest BCUT2D eigenvalue weighted by molar-refractivity contribution is 6.29. The highest BCUT2D eigenvalue weighted by Gasteiger charge is 2.33. The number of carbonyl (C=O) groups is 1. The second-order valence-corrected chi connectivity index (χ2v) is 5.30. The van der Waals surface area contributed by atoms with E-state index in [1.807, 2.05) is 4.90 Å². The minimum absolute atomic E-state index is 0.00218. The smallest absolute Gasteiger partial charge is 0.254 e. The zero-order chi connectivity index (χ0) is 14.0. The Morgan fingerprint density at radius 3 is 2.95 bits per heavy atom. The average molecular weight is 283 g/mol. The predicted octanol–water partition coefficient (Wildman–Crippen LogP) is 2.42. The Morgan fingerprint density at radius 2 is 2.32 bits per heavy atom. The number of aromatic nitrogens is 1. The molecule has 0 aliphatic carbocycles. The van der Waals surface area contributed by atoms with Crippen LogP contribution in [-0.2, 0) is 0 Å². The largest absolute Gasteiger partial charge is 0.333 e. The molecule has 0 saturated carbocycles. The highest BCUT2D eigenvalue weighted by Crippen LogP contribution is 2.28. The number of nitrogens with one attached hydrogen (secondary N) is 1. The van der Waals surface area contributed by atoms with E-state index in [4.69, 9.17) is 17.4 Å². The summed E-state index contributed by atoms with van der Waals surface area (Å²) in [5.41, 5.74) is 2.95. The van der Waals surface area contributed by atoms with Crippen molar-refractivity contribution in [3.63, 3.8) is 0 Å². The van der Waals surface area contributed by atoms with Gasteiger partial charge >= 0.3 is 0 Å². The first-order chi connectivity index (χ1) is 9.06. The van der Waals surface area contributed by atoms with E-state index < -0.39 is 0 Å². The molecule has 2 atom stereocenters. The third-order valence-electron chi connectivity index (χ3n) is 3.68. The second kappa shape index (κ2) is 5.75. The molecule has 6 heteroatoms. The van der Waals surface area contributed by atoms with Gasteiger partial charge in [0.05, 0.1) is 0 Å². The van der Waals surface area contributed by atoms with Crippen LogP contribution in [0.15, 0.2) is 12.1 Å². The summed E-state index contributed by atoms with van der Waals surface area (Å²) in [6.07, 6.45) is 3.08. The van der Waals surface area contributed by atoms with Crippen molar-refractivity contribution in [3.8, 4) is 0 Å². The Morgan fingerprint density at radius 1 is 1.58 bits per heavy atom. The zero-order valence-electron chi connectivity index (χ0n) is 11.2. The van der Waals surface area contributed by atoms with Crippen molar-refractivity contribution >= 4 is 23.3 Å². The van der Waals surface area contributed by atoms with E-state index in [1.165, 1.54) is 0 Å². The molecule has 5 nitrogen and oxygen atoms in total. The van der Waals surface area contributed by atoms with E-state index in [-0.39, 0.29) is 17.1 Å². The molecule has 1 saturated heterocycles. The van der Waals surface area contributed by atoms with E-state index in [0.29, 0.717) is 17.4 Å². The summed E-state index contributed by atoms with van der Waals surface area (Å²) >= 11 is 5.91. The lowest BCUT2D eigenvalue weighted by Crippen LogP contribution is -2.39. The molecule has 0 aromatic carbocycles. The molecule has 1 aliphatic heterocycles. The maximum absolute atomic E-state index is 12.6. The van der Waals surface area contributed by atoms with Crippen LogP contribution >= 0.6 is 11.6 Å². The Bertz CT molecular complexity index is 480.